The fourth-order valence-corrected chi connectivity index (χ4v) is 6.78. The van der Waals surface area contributed by atoms with E-state index in [0.717, 1.165) is 57.6 Å². The van der Waals surface area contributed by atoms with Gasteiger partial charge in [0.05, 0.1) is 17.6 Å². The smallest absolute Gasteiger partial charge is 0.227 e. The van der Waals surface area contributed by atoms with Gasteiger partial charge < -0.3 is 9.67 Å². The number of aromatic nitrogens is 2. The van der Waals surface area contributed by atoms with Crippen molar-refractivity contribution in [1.82, 2.24) is 14.5 Å². The first-order chi connectivity index (χ1) is 13.5. The molecule has 3 fully saturated rings. The van der Waals surface area contributed by atoms with Gasteiger partial charge in [-0.1, -0.05) is 19.3 Å². The minimum Gasteiger partial charge on any atom is -0.396 e. The maximum absolute atomic E-state index is 13.0. The van der Waals surface area contributed by atoms with E-state index in [2.05, 4.69) is 9.88 Å². The van der Waals surface area contributed by atoms with Gasteiger partial charge in [-0.15, -0.1) is 0 Å². The fraction of sp³-hybridized carbons (Fsp3) is 0.857. The molecule has 2 heterocycles. The monoisotopic (exact) mass is 409 g/mol. The molecular weight excluding hydrogens is 374 g/mol. The Morgan fingerprint density at radius 3 is 2.46 bits per heavy atom. The molecule has 0 spiro atoms. The van der Waals surface area contributed by atoms with Gasteiger partial charge in [0.2, 0.25) is 15.0 Å². The van der Waals surface area contributed by atoms with Crippen LogP contribution in [0.25, 0.3) is 0 Å². The molecule has 1 N–H and O–H groups in total. The van der Waals surface area contributed by atoms with Crippen molar-refractivity contribution in [2.24, 2.45) is 17.8 Å². The van der Waals surface area contributed by atoms with Crippen LogP contribution < -0.4 is 0 Å². The molecule has 0 aromatic carbocycles. The Balaban J connectivity index is 1.55. The van der Waals surface area contributed by atoms with Gasteiger partial charge >= 0.3 is 0 Å². The number of likely N-dealkylation sites (tertiary alicyclic amines) is 1. The largest absolute Gasteiger partial charge is 0.396 e. The molecule has 1 aromatic heterocycles. The van der Waals surface area contributed by atoms with Crippen molar-refractivity contribution in [2.45, 2.75) is 76.0 Å². The van der Waals surface area contributed by atoms with Crippen molar-refractivity contribution in [3.63, 3.8) is 0 Å². The Morgan fingerprint density at radius 2 is 1.75 bits per heavy atom. The predicted molar refractivity (Wildman–Crippen MR) is 109 cm³/mol. The third-order valence-electron chi connectivity index (χ3n) is 6.74. The van der Waals surface area contributed by atoms with Crippen molar-refractivity contribution < 1.29 is 13.5 Å². The molecule has 0 unspecified atom stereocenters. The number of imidazole rings is 1. The summed E-state index contributed by atoms with van der Waals surface area (Å²) in [6.07, 6.45) is 12.2. The van der Waals surface area contributed by atoms with Gasteiger partial charge in [-0.2, -0.15) is 0 Å². The number of hydrogen-bond donors (Lipinski definition) is 1. The summed E-state index contributed by atoms with van der Waals surface area (Å²) in [5, 5.41) is 9.82. The average Bonchev–Trinajstić information content (AvgIpc) is 3.41. The molecule has 6 nitrogen and oxygen atoms in total. The maximum atomic E-state index is 13.0. The minimum absolute atomic E-state index is 0.235. The lowest BCUT2D eigenvalue weighted by atomic mass is 9.89. The zero-order valence-electron chi connectivity index (χ0n) is 16.9. The number of sulfone groups is 1. The van der Waals surface area contributed by atoms with Crippen LogP contribution in [0, 0.1) is 17.8 Å². The molecule has 28 heavy (non-hydrogen) atoms. The highest BCUT2D eigenvalue weighted by Gasteiger charge is 2.33. The van der Waals surface area contributed by atoms with E-state index in [1.54, 1.807) is 6.20 Å². The number of aliphatic hydroxyl groups excluding tert-OH is 1. The van der Waals surface area contributed by atoms with E-state index in [4.69, 9.17) is 0 Å². The van der Waals surface area contributed by atoms with E-state index in [9.17, 15) is 13.5 Å². The van der Waals surface area contributed by atoms with E-state index in [0.29, 0.717) is 22.9 Å². The first-order valence-corrected chi connectivity index (χ1v) is 12.8. The van der Waals surface area contributed by atoms with Gasteiger partial charge in [-0.05, 0) is 62.8 Å². The fourth-order valence-electron chi connectivity index (χ4n) is 4.93. The lowest BCUT2D eigenvalue weighted by Gasteiger charge is -2.32. The van der Waals surface area contributed by atoms with Crippen molar-refractivity contribution in [3.8, 4) is 0 Å². The van der Waals surface area contributed by atoms with Crippen LogP contribution in [0.1, 0.15) is 63.5 Å². The number of hydrogen-bond acceptors (Lipinski definition) is 5. The van der Waals surface area contributed by atoms with Crippen molar-refractivity contribution in [3.05, 3.63) is 11.9 Å². The molecule has 3 aliphatic rings. The second-order valence-corrected chi connectivity index (χ2v) is 11.2. The Labute approximate surface area is 169 Å². The third-order valence-corrected chi connectivity index (χ3v) is 8.54. The maximum Gasteiger partial charge on any atom is 0.227 e. The van der Waals surface area contributed by atoms with Crippen molar-refractivity contribution in [1.29, 1.82) is 0 Å². The molecule has 0 radical (unpaired) electrons. The Bertz CT molecular complexity index is 751. The Kier molecular flexibility index (Phi) is 6.43. The van der Waals surface area contributed by atoms with Gasteiger partial charge in [0.15, 0.2) is 0 Å². The number of rotatable bonds is 8. The minimum atomic E-state index is -3.32. The number of nitrogens with zero attached hydrogens (tertiary/aromatic N) is 3. The van der Waals surface area contributed by atoms with Crippen molar-refractivity contribution >= 4 is 9.84 Å². The Hall–Kier alpha value is -0.920. The summed E-state index contributed by atoms with van der Waals surface area (Å²) < 4.78 is 28.1. The molecule has 1 aliphatic heterocycles. The molecule has 2 saturated carbocycles. The van der Waals surface area contributed by atoms with Crippen LogP contribution in [-0.2, 0) is 22.9 Å². The van der Waals surface area contributed by atoms with Gasteiger partial charge in [-0.3, -0.25) is 4.90 Å². The van der Waals surface area contributed by atoms with Crippen LogP contribution in [0.3, 0.4) is 0 Å². The second-order valence-electron chi connectivity index (χ2n) is 9.30. The average molecular weight is 410 g/mol. The lowest BCUT2D eigenvalue weighted by Crippen LogP contribution is -2.37. The molecule has 1 atom stereocenters. The second kappa shape index (κ2) is 8.84. The summed E-state index contributed by atoms with van der Waals surface area (Å²) in [4.78, 5) is 6.79. The SMILES string of the molecule is O=S(=O)(CC1CC1)c1ncc(CN2CCC[C@@H](CO)C2)n1CC1CCCCC1. The molecular formula is C21H35N3O3S. The standard InChI is InChI=1S/C21H35N3O3S/c25-15-19-7-4-10-23(12-19)14-20-11-22-21(28(26,27)16-18-8-9-18)24(20)13-17-5-2-1-3-6-17/h11,17-19,25H,1-10,12-16H2/t19-/m1/s1. The van der Waals surface area contributed by atoms with Gasteiger partial charge in [0.1, 0.15) is 0 Å². The van der Waals surface area contributed by atoms with E-state index in [1.807, 2.05) is 4.57 Å². The van der Waals surface area contributed by atoms with Gasteiger partial charge in [-0.25, -0.2) is 13.4 Å². The number of aliphatic hydroxyl groups is 1. The number of piperidine rings is 1. The van der Waals surface area contributed by atoms with Crippen LogP contribution in [-0.4, -0.2) is 53.4 Å². The summed E-state index contributed by atoms with van der Waals surface area (Å²) >= 11 is 0. The van der Waals surface area contributed by atoms with Gasteiger partial charge in [0.25, 0.3) is 0 Å². The first kappa shape index (κ1) is 20.4. The summed E-state index contributed by atoms with van der Waals surface area (Å²) in [5.74, 6) is 1.48. The summed E-state index contributed by atoms with van der Waals surface area (Å²) in [7, 11) is -3.32. The summed E-state index contributed by atoms with van der Waals surface area (Å²) in [5.41, 5.74) is 1.03. The van der Waals surface area contributed by atoms with E-state index in [1.165, 1.54) is 32.1 Å². The van der Waals surface area contributed by atoms with Crippen LogP contribution in [0.5, 0.6) is 0 Å². The lowest BCUT2D eigenvalue weighted by molar-refractivity contribution is 0.113. The summed E-state index contributed by atoms with van der Waals surface area (Å²) in [6.45, 7) is 3.64. The highest BCUT2D eigenvalue weighted by Crippen LogP contribution is 2.33. The quantitative estimate of drug-likeness (QED) is 0.714. The normalized spacial score (nSPS) is 25.2. The molecule has 4 rings (SSSR count). The van der Waals surface area contributed by atoms with E-state index >= 15 is 0 Å². The molecule has 2 aliphatic carbocycles. The third kappa shape index (κ3) is 4.97. The van der Waals surface area contributed by atoms with Gasteiger partial charge in [0, 0.05) is 26.2 Å². The highest BCUT2D eigenvalue weighted by atomic mass is 32.2. The molecule has 158 valence electrons. The molecule has 0 amide bonds. The zero-order chi connectivity index (χ0) is 19.6. The van der Waals surface area contributed by atoms with E-state index in [-0.39, 0.29) is 12.4 Å². The van der Waals surface area contributed by atoms with Crippen molar-refractivity contribution in [2.75, 3.05) is 25.4 Å². The zero-order valence-corrected chi connectivity index (χ0v) is 17.7. The topological polar surface area (TPSA) is 75.4 Å². The molecule has 1 saturated heterocycles. The van der Waals surface area contributed by atoms with Crippen LogP contribution in [0.4, 0.5) is 0 Å². The van der Waals surface area contributed by atoms with Crippen LogP contribution in [0.15, 0.2) is 11.4 Å². The highest BCUT2D eigenvalue weighted by molar-refractivity contribution is 7.91. The predicted octanol–water partition coefficient (Wildman–Crippen LogP) is 2.85. The summed E-state index contributed by atoms with van der Waals surface area (Å²) in [6, 6.07) is 0. The molecule has 7 heteroatoms. The van der Waals surface area contributed by atoms with E-state index < -0.39 is 9.84 Å². The van der Waals surface area contributed by atoms with Crippen LogP contribution >= 0.6 is 0 Å². The first-order valence-electron chi connectivity index (χ1n) is 11.2. The Morgan fingerprint density at radius 1 is 1.00 bits per heavy atom. The molecule has 1 aromatic rings. The molecule has 0 bridgehead atoms. The van der Waals surface area contributed by atoms with Crippen LogP contribution in [0.2, 0.25) is 0 Å².